The Bertz CT molecular complexity index is 694. The van der Waals surface area contributed by atoms with E-state index < -0.39 is 0 Å². The van der Waals surface area contributed by atoms with E-state index >= 15 is 0 Å². The fourth-order valence-electron chi connectivity index (χ4n) is 3.84. The van der Waals surface area contributed by atoms with Crippen LogP contribution in [-0.2, 0) is 4.79 Å². The van der Waals surface area contributed by atoms with Crippen molar-refractivity contribution in [2.24, 2.45) is 5.92 Å². The highest BCUT2D eigenvalue weighted by Crippen LogP contribution is 2.49. The number of likely N-dealkylation sites (tertiary alicyclic amines) is 1. The summed E-state index contributed by atoms with van der Waals surface area (Å²) in [6.07, 6.45) is 7.00. The van der Waals surface area contributed by atoms with Gasteiger partial charge in [-0.05, 0) is 43.7 Å². The van der Waals surface area contributed by atoms with Crippen molar-refractivity contribution in [2.75, 3.05) is 13.1 Å². The van der Waals surface area contributed by atoms with Gasteiger partial charge in [0.05, 0.1) is 6.04 Å². The van der Waals surface area contributed by atoms with Crippen LogP contribution in [0.2, 0.25) is 0 Å². The second-order valence-electron chi connectivity index (χ2n) is 6.93. The zero-order valence-electron chi connectivity index (χ0n) is 13.6. The van der Waals surface area contributed by atoms with Crippen molar-refractivity contribution in [1.29, 1.82) is 0 Å². The maximum absolute atomic E-state index is 12.8. The molecule has 1 amide bonds. The molecule has 3 atom stereocenters. The summed E-state index contributed by atoms with van der Waals surface area (Å²) in [7, 11) is 0. The van der Waals surface area contributed by atoms with E-state index in [-0.39, 0.29) is 5.92 Å². The number of rotatable bonds is 3. The molecule has 2 heterocycles. The summed E-state index contributed by atoms with van der Waals surface area (Å²) in [5, 5.41) is 4.35. The van der Waals surface area contributed by atoms with Gasteiger partial charge >= 0.3 is 0 Å². The summed E-state index contributed by atoms with van der Waals surface area (Å²) in [5.74, 6) is 0.953. The molecule has 2 aromatic rings. The van der Waals surface area contributed by atoms with E-state index in [1.807, 2.05) is 23.1 Å². The molecule has 0 radical (unpaired) electrons. The summed E-state index contributed by atoms with van der Waals surface area (Å²) in [6.45, 7) is 3.81. The van der Waals surface area contributed by atoms with Crippen LogP contribution in [0.25, 0.3) is 0 Å². The molecule has 23 heavy (non-hydrogen) atoms. The van der Waals surface area contributed by atoms with Gasteiger partial charge in [-0.2, -0.15) is 5.10 Å². The first kappa shape index (κ1) is 14.5. The van der Waals surface area contributed by atoms with E-state index in [0.29, 0.717) is 17.9 Å². The smallest absolute Gasteiger partial charge is 0.226 e. The van der Waals surface area contributed by atoms with Gasteiger partial charge in [0, 0.05) is 31.4 Å². The highest BCUT2D eigenvalue weighted by atomic mass is 16.2. The number of carbonyl (C=O) groups is 1. The average Bonchev–Trinajstić information content (AvgIpc) is 3.19. The molecule has 1 aromatic carbocycles. The third-order valence-electron chi connectivity index (χ3n) is 5.19. The number of hydrogen-bond acceptors (Lipinski definition) is 2. The third kappa shape index (κ3) is 2.90. The van der Waals surface area contributed by atoms with Crippen molar-refractivity contribution in [3.05, 3.63) is 53.9 Å². The number of aryl methyl sites for hydroxylation is 1. The van der Waals surface area contributed by atoms with Gasteiger partial charge in [-0.25, -0.2) is 0 Å². The van der Waals surface area contributed by atoms with Crippen LogP contribution in [0, 0.1) is 12.8 Å². The van der Waals surface area contributed by atoms with Crippen LogP contribution in [-0.4, -0.2) is 33.7 Å². The number of aromatic nitrogens is 2. The molecule has 0 bridgehead atoms. The fourth-order valence-corrected chi connectivity index (χ4v) is 3.84. The number of amides is 1. The van der Waals surface area contributed by atoms with Gasteiger partial charge in [-0.3, -0.25) is 9.48 Å². The average molecular weight is 309 g/mol. The van der Waals surface area contributed by atoms with Gasteiger partial charge in [0.15, 0.2) is 0 Å². The lowest BCUT2D eigenvalue weighted by molar-refractivity contribution is -0.134. The van der Waals surface area contributed by atoms with Gasteiger partial charge < -0.3 is 4.90 Å². The van der Waals surface area contributed by atoms with Crippen molar-refractivity contribution < 1.29 is 4.79 Å². The van der Waals surface area contributed by atoms with E-state index in [2.05, 4.69) is 41.2 Å². The zero-order valence-corrected chi connectivity index (χ0v) is 13.6. The molecule has 4 rings (SSSR count). The Morgan fingerprint density at radius 2 is 2.22 bits per heavy atom. The Balaban J connectivity index is 1.42. The quantitative estimate of drug-likeness (QED) is 0.873. The van der Waals surface area contributed by atoms with Crippen LogP contribution in [0.3, 0.4) is 0 Å². The lowest BCUT2D eigenvalue weighted by Gasteiger charge is -2.33. The molecule has 2 fully saturated rings. The van der Waals surface area contributed by atoms with E-state index in [0.717, 1.165) is 32.4 Å². The molecular weight excluding hydrogens is 286 g/mol. The van der Waals surface area contributed by atoms with Gasteiger partial charge in [0.1, 0.15) is 0 Å². The minimum Gasteiger partial charge on any atom is -0.340 e. The monoisotopic (exact) mass is 309 g/mol. The van der Waals surface area contributed by atoms with E-state index in [9.17, 15) is 4.79 Å². The van der Waals surface area contributed by atoms with E-state index in [1.165, 1.54) is 11.1 Å². The van der Waals surface area contributed by atoms with Crippen LogP contribution in [0.4, 0.5) is 0 Å². The van der Waals surface area contributed by atoms with Crippen LogP contribution < -0.4 is 0 Å². The van der Waals surface area contributed by atoms with Crippen molar-refractivity contribution in [3.63, 3.8) is 0 Å². The van der Waals surface area contributed by atoms with Gasteiger partial charge in [-0.15, -0.1) is 0 Å². The molecular formula is C19H23N3O. The van der Waals surface area contributed by atoms with Crippen molar-refractivity contribution in [3.8, 4) is 0 Å². The Hall–Kier alpha value is -2.10. The molecule has 1 aliphatic carbocycles. The normalized spacial score (nSPS) is 27.0. The second-order valence-corrected chi connectivity index (χ2v) is 6.93. The zero-order chi connectivity index (χ0) is 15.8. The predicted molar refractivity (Wildman–Crippen MR) is 89.1 cm³/mol. The highest BCUT2D eigenvalue weighted by Gasteiger charge is 2.46. The summed E-state index contributed by atoms with van der Waals surface area (Å²) < 4.78 is 2.00. The molecule has 1 aromatic heterocycles. The Morgan fingerprint density at radius 3 is 3.00 bits per heavy atom. The standard InChI is InChI=1S/C19H23N3O/c1-14-5-2-6-15(11-14)17-12-18(17)19(23)21-9-3-7-16(13-21)22-10-4-8-20-22/h2,4-6,8,10-11,16-18H,3,7,9,12-13H2,1H3/t16-,17-,18+/m0/s1. The van der Waals surface area contributed by atoms with E-state index in [4.69, 9.17) is 0 Å². The first-order valence-electron chi connectivity index (χ1n) is 8.57. The summed E-state index contributed by atoms with van der Waals surface area (Å²) in [5.41, 5.74) is 2.60. The summed E-state index contributed by atoms with van der Waals surface area (Å²) in [6, 6.07) is 10.9. The van der Waals surface area contributed by atoms with Crippen LogP contribution in [0.1, 0.15) is 42.3 Å². The largest absolute Gasteiger partial charge is 0.340 e. The second kappa shape index (κ2) is 5.84. The molecule has 0 unspecified atom stereocenters. The minimum absolute atomic E-state index is 0.188. The lowest BCUT2D eigenvalue weighted by atomic mass is 10.0. The summed E-state index contributed by atoms with van der Waals surface area (Å²) >= 11 is 0. The van der Waals surface area contributed by atoms with Crippen molar-refractivity contribution in [1.82, 2.24) is 14.7 Å². The fraction of sp³-hybridized carbons (Fsp3) is 0.474. The number of piperidine rings is 1. The van der Waals surface area contributed by atoms with Crippen molar-refractivity contribution in [2.45, 2.75) is 38.1 Å². The maximum atomic E-state index is 12.8. The topological polar surface area (TPSA) is 38.1 Å². The summed E-state index contributed by atoms with van der Waals surface area (Å²) in [4.78, 5) is 14.9. The Labute approximate surface area is 137 Å². The van der Waals surface area contributed by atoms with E-state index in [1.54, 1.807) is 0 Å². The Kier molecular flexibility index (Phi) is 3.68. The number of benzene rings is 1. The number of carbonyl (C=O) groups excluding carboxylic acids is 1. The Morgan fingerprint density at radius 1 is 1.30 bits per heavy atom. The highest BCUT2D eigenvalue weighted by molar-refractivity contribution is 5.83. The molecule has 1 aliphatic heterocycles. The molecule has 1 saturated carbocycles. The number of nitrogens with zero attached hydrogens (tertiary/aromatic N) is 3. The van der Waals surface area contributed by atoms with Crippen LogP contribution >= 0.6 is 0 Å². The molecule has 0 spiro atoms. The first-order chi connectivity index (χ1) is 11.2. The van der Waals surface area contributed by atoms with Gasteiger partial charge in [-0.1, -0.05) is 29.8 Å². The molecule has 2 aliphatic rings. The SMILES string of the molecule is Cc1cccc([C@@H]2C[C@H]2C(=O)N2CCC[C@H](n3cccn3)C2)c1. The third-order valence-corrected chi connectivity index (χ3v) is 5.19. The molecule has 4 nitrogen and oxygen atoms in total. The van der Waals surface area contributed by atoms with Crippen molar-refractivity contribution >= 4 is 5.91 Å². The molecule has 4 heteroatoms. The molecule has 120 valence electrons. The number of hydrogen-bond donors (Lipinski definition) is 0. The van der Waals surface area contributed by atoms with Crippen LogP contribution in [0.5, 0.6) is 0 Å². The lowest BCUT2D eigenvalue weighted by Crippen LogP contribution is -2.41. The molecule has 1 saturated heterocycles. The van der Waals surface area contributed by atoms with Crippen LogP contribution in [0.15, 0.2) is 42.7 Å². The predicted octanol–water partition coefficient (Wildman–Crippen LogP) is 3.16. The maximum Gasteiger partial charge on any atom is 0.226 e. The molecule has 0 N–H and O–H groups in total. The van der Waals surface area contributed by atoms with Gasteiger partial charge in [0.25, 0.3) is 0 Å². The first-order valence-corrected chi connectivity index (χ1v) is 8.57. The minimum atomic E-state index is 0.188. The van der Waals surface area contributed by atoms with Gasteiger partial charge in [0.2, 0.25) is 5.91 Å².